The van der Waals surface area contributed by atoms with Gasteiger partial charge in [-0.05, 0) is 47.9 Å². The zero-order valence-corrected chi connectivity index (χ0v) is 12.9. The van der Waals surface area contributed by atoms with Crippen LogP contribution in [-0.2, 0) is 6.42 Å². The molecule has 0 saturated carbocycles. The summed E-state index contributed by atoms with van der Waals surface area (Å²) in [6, 6.07) is 12.9. The standard InChI is InChI=1S/C20H15NO3/c1-13-2-3-14-4-6-17(11-15(14)10-13)24-18-8-9-21-16(12-18)5-7-19(21)20(22)23/h2-9,11-12H,1,10H2,(H,22,23). The molecule has 2 aromatic heterocycles. The molecule has 0 unspecified atom stereocenters. The van der Waals surface area contributed by atoms with Crippen LogP contribution in [0.2, 0.25) is 0 Å². The fraction of sp³-hybridized carbons (Fsp3) is 0.0500. The van der Waals surface area contributed by atoms with E-state index in [0.717, 1.165) is 23.3 Å². The summed E-state index contributed by atoms with van der Waals surface area (Å²) >= 11 is 0. The molecule has 0 atom stereocenters. The van der Waals surface area contributed by atoms with E-state index in [1.54, 1.807) is 28.8 Å². The Balaban J connectivity index is 1.65. The Morgan fingerprint density at radius 2 is 1.92 bits per heavy atom. The number of carbonyl (C=O) groups is 1. The molecule has 1 aromatic carbocycles. The highest BCUT2D eigenvalue weighted by molar-refractivity contribution is 5.87. The van der Waals surface area contributed by atoms with Gasteiger partial charge < -0.3 is 14.2 Å². The number of aromatic carboxylic acids is 1. The van der Waals surface area contributed by atoms with Gasteiger partial charge in [-0.1, -0.05) is 30.4 Å². The molecule has 4 nitrogen and oxygen atoms in total. The van der Waals surface area contributed by atoms with E-state index in [1.165, 1.54) is 11.1 Å². The number of benzene rings is 1. The smallest absolute Gasteiger partial charge is 0.352 e. The van der Waals surface area contributed by atoms with Crippen molar-refractivity contribution < 1.29 is 14.6 Å². The number of ether oxygens (including phenoxy) is 1. The number of aromatic nitrogens is 1. The van der Waals surface area contributed by atoms with Crippen LogP contribution < -0.4 is 4.74 Å². The van der Waals surface area contributed by atoms with Crippen LogP contribution in [-0.4, -0.2) is 15.5 Å². The molecule has 4 rings (SSSR count). The van der Waals surface area contributed by atoms with Gasteiger partial charge in [-0.2, -0.15) is 0 Å². The lowest BCUT2D eigenvalue weighted by molar-refractivity contribution is 0.0689. The lowest BCUT2D eigenvalue weighted by atomic mass is 9.94. The monoisotopic (exact) mass is 317 g/mol. The number of pyridine rings is 1. The van der Waals surface area contributed by atoms with Crippen molar-refractivity contribution in [3.05, 3.63) is 83.7 Å². The van der Waals surface area contributed by atoms with Crippen molar-refractivity contribution in [1.82, 2.24) is 4.40 Å². The molecule has 0 bridgehead atoms. The van der Waals surface area contributed by atoms with Crippen LogP contribution in [0.15, 0.2) is 66.9 Å². The van der Waals surface area contributed by atoms with Crippen LogP contribution in [0.3, 0.4) is 0 Å². The van der Waals surface area contributed by atoms with Gasteiger partial charge in [0.25, 0.3) is 0 Å². The van der Waals surface area contributed by atoms with Crippen molar-refractivity contribution in [1.29, 1.82) is 0 Å². The highest BCUT2D eigenvalue weighted by atomic mass is 16.5. The van der Waals surface area contributed by atoms with Crippen LogP contribution >= 0.6 is 0 Å². The van der Waals surface area contributed by atoms with Gasteiger partial charge in [0.15, 0.2) is 0 Å². The van der Waals surface area contributed by atoms with Crippen molar-refractivity contribution in [2.75, 3.05) is 0 Å². The first-order valence-electron chi connectivity index (χ1n) is 7.61. The van der Waals surface area contributed by atoms with E-state index in [9.17, 15) is 4.79 Å². The molecular formula is C20H15NO3. The Hall–Kier alpha value is -3.27. The van der Waals surface area contributed by atoms with Gasteiger partial charge in [0.2, 0.25) is 0 Å². The van der Waals surface area contributed by atoms with Crippen molar-refractivity contribution in [3.8, 4) is 11.5 Å². The third-order valence-electron chi connectivity index (χ3n) is 4.11. The summed E-state index contributed by atoms with van der Waals surface area (Å²) in [4.78, 5) is 11.2. The summed E-state index contributed by atoms with van der Waals surface area (Å²) in [7, 11) is 0. The SMILES string of the molecule is C=C1C=Cc2ccc(Oc3ccn4c(C(=O)O)ccc4c3)cc2C1. The molecule has 4 heteroatoms. The van der Waals surface area contributed by atoms with E-state index < -0.39 is 5.97 Å². The number of fused-ring (bicyclic) bond motifs is 2. The van der Waals surface area contributed by atoms with Crippen LogP contribution in [0.1, 0.15) is 21.6 Å². The molecule has 3 aromatic rings. The van der Waals surface area contributed by atoms with Gasteiger partial charge in [0, 0.05) is 17.8 Å². The van der Waals surface area contributed by atoms with Crippen LogP contribution in [0.25, 0.3) is 11.6 Å². The Morgan fingerprint density at radius 3 is 2.75 bits per heavy atom. The zero-order chi connectivity index (χ0) is 16.7. The van der Waals surface area contributed by atoms with E-state index in [-0.39, 0.29) is 5.69 Å². The molecule has 0 radical (unpaired) electrons. The van der Waals surface area contributed by atoms with Gasteiger partial charge >= 0.3 is 5.97 Å². The first-order valence-corrected chi connectivity index (χ1v) is 7.61. The molecule has 0 spiro atoms. The second-order valence-corrected chi connectivity index (χ2v) is 5.81. The van der Waals surface area contributed by atoms with Crippen LogP contribution in [0.5, 0.6) is 11.5 Å². The Labute approximate surface area is 138 Å². The highest BCUT2D eigenvalue weighted by Gasteiger charge is 2.11. The van der Waals surface area contributed by atoms with E-state index in [1.807, 2.05) is 30.3 Å². The maximum absolute atomic E-state index is 11.2. The molecule has 1 aliphatic rings. The molecule has 1 N–H and O–H groups in total. The second kappa shape index (κ2) is 5.42. The maximum Gasteiger partial charge on any atom is 0.352 e. The lowest BCUT2D eigenvalue weighted by Crippen LogP contribution is -2.01. The third kappa shape index (κ3) is 2.48. The van der Waals surface area contributed by atoms with Crippen LogP contribution in [0, 0.1) is 0 Å². The predicted molar refractivity (Wildman–Crippen MR) is 92.8 cm³/mol. The summed E-state index contributed by atoms with van der Waals surface area (Å²) in [6.45, 7) is 4.00. The molecule has 2 heterocycles. The largest absolute Gasteiger partial charge is 0.477 e. The summed E-state index contributed by atoms with van der Waals surface area (Å²) in [5.74, 6) is 0.473. The van der Waals surface area contributed by atoms with Gasteiger partial charge in [0.05, 0.1) is 0 Å². The third-order valence-corrected chi connectivity index (χ3v) is 4.11. The number of nitrogens with zero attached hydrogens (tertiary/aromatic N) is 1. The topological polar surface area (TPSA) is 50.9 Å². The summed E-state index contributed by atoms with van der Waals surface area (Å²) < 4.78 is 7.56. The quantitative estimate of drug-likeness (QED) is 0.770. The van der Waals surface area contributed by atoms with Crippen molar-refractivity contribution >= 4 is 17.6 Å². The summed E-state index contributed by atoms with van der Waals surface area (Å²) in [5.41, 5.74) is 4.46. The first kappa shape index (κ1) is 14.3. The fourth-order valence-electron chi connectivity index (χ4n) is 2.94. The predicted octanol–water partition coefficient (Wildman–Crippen LogP) is 4.56. The highest BCUT2D eigenvalue weighted by Crippen LogP contribution is 2.29. The average molecular weight is 317 g/mol. The van der Waals surface area contributed by atoms with Crippen molar-refractivity contribution in [3.63, 3.8) is 0 Å². The van der Waals surface area contributed by atoms with Crippen LogP contribution in [0.4, 0.5) is 0 Å². The van der Waals surface area contributed by atoms with Crippen molar-refractivity contribution in [2.45, 2.75) is 6.42 Å². The molecule has 1 aliphatic carbocycles. The maximum atomic E-state index is 11.2. The van der Waals surface area contributed by atoms with Gasteiger partial charge in [-0.15, -0.1) is 0 Å². The van der Waals surface area contributed by atoms with Gasteiger partial charge in [-0.3, -0.25) is 0 Å². The number of hydrogen-bond donors (Lipinski definition) is 1. The normalized spacial score (nSPS) is 13.1. The second-order valence-electron chi connectivity index (χ2n) is 5.81. The minimum absolute atomic E-state index is 0.232. The van der Waals surface area contributed by atoms with Crippen molar-refractivity contribution in [2.24, 2.45) is 0 Å². The van der Waals surface area contributed by atoms with E-state index in [0.29, 0.717) is 5.75 Å². The van der Waals surface area contributed by atoms with Gasteiger partial charge in [0.1, 0.15) is 17.2 Å². The molecule has 0 saturated heterocycles. The molecule has 0 fully saturated rings. The number of rotatable bonds is 3. The Morgan fingerprint density at radius 1 is 1.08 bits per heavy atom. The number of carboxylic acids is 1. The number of carboxylic acid groups (broad SMARTS) is 1. The zero-order valence-electron chi connectivity index (χ0n) is 12.9. The minimum atomic E-state index is -0.952. The average Bonchev–Trinajstić information content (AvgIpc) is 2.98. The Kier molecular flexibility index (Phi) is 3.24. The minimum Gasteiger partial charge on any atom is -0.477 e. The summed E-state index contributed by atoms with van der Waals surface area (Å²) in [6.07, 6.45) is 6.62. The lowest BCUT2D eigenvalue weighted by Gasteiger charge is -2.14. The molecule has 0 amide bonds. The van der Waals surface area contributed by atoms with Gasteiger partial charge in [-0.25, -0.2) is 4.79 Å². The first-order chi connectivity index (χ1) is 11.6. The number of allylic oxidation sites excluding steroid dienone is 2. The molecular weight excluding hydrogens is 302 g/mol. The number of hydrogen-bond acceptors (Lipinski definition) is 2. The Bertz CT molecular complexity index is 1010. The fourth-order valence-corrected chi connectivity index (χ4v) is 2.94. The van der Waals surface area contributed by atoms with E-state index in [2.05, 4.69) is 12.7 Å². The molecule has 24 heavy (non-hydrogen) atoms. The molecule has 0 aliphatic heterocycles. The van der Waals surface area contributed by atoms with E-state index >= 15 is 0 Å². The molecule has 118 valence electrons. The van der Waals surface area contributed by atoms with E-state index in [4.69, 9.17) is 9.84 Å². The summed E-state index contributed by atoms with van der Waals surface area (Å²) in [5, 5.41) is 9.15.